The lowest BCUT2D eigenvalue weighted by atomic mass is 10.1. The minimum absolute atomic E-state index is 0.0169. The van der Waals surface area contributed by atoms with Crippen LogP contribution in [0.1, 0.15) is 5.56 Å². The topological polar surface area (TPSA) is 68.3 Å². The van der Waals surface area contributed by atoms with Crippen molar-refractivity contribution in [2.45, 2.75) is 6.42 Å². The third-order valence-electron chi connectivity index (χ3n) is 4.99. The predicted molar refractivity (Wildman–Crippen MR) is 114 cm³/mol. The van der Waals surface area contributed by atoms with Crippen molar-refractivity contribution >= 4 is 29.2 Å². The molecule has 1 heterocycles. The Hall–Kier alpha value is -2.93. The molecule has 0 aliphatic carbocycles. The third-order valence-corrected chi connectivity index (χ3v) is 5.23. The Morgan fingerprint density at radius 2 is 1.77 bits per heavy atom. The third kappa shape index (κ3) is 5.57. The maximum Gasteiger partial charge on any atom is 0.310 e. The van der Waals surface area contributed by atoms with Gasteiger partial charge >= 0.3 is 5.97 Å². The molecule has 0 aromatic heterocycles. The Morgan fingerprint density at radius 1 is 1.00 bits per heavy atom. The normalized spacial score (nSPS) is 13.7. The maximum absolute atomic E-state index is 12.4. The summed E-state index contributed by atoms with van der Waals surface area (Å²) in [6, 6.07) is 12.8. The van der Waals surface area contributed by atoms with E-state index in [0.29, 0.717) is 48.3 Å². The summed E-state index contributed by atoms with van der Waals surface area (Å²) in [4.78, 5) is 28.5. The van der Waals surface area contributed by atoms with E-state index in [1.54, 1.807) is 30.2 Å². The van der Waals surface area contributed by atoms with Gasteiger partial charge in [-0.15, -0.1) is 0 Å². The number of esters is 1. The fourth-order valence-corrected chi connectivity index (χ4v) is 3.51. The van der Waals surface area contributed by atoms with Crippen molar-refractivity contribution in [3.8, 4) is 11.5 Å². The molecule has 3 rings (SSSR count). The largest absolute Gasteiger partial charge is 0.497 e. The lowest BCUT2D eigenvalue weighted by molar-refractivity contribution is -0.151. The van der Waals surface area contributed by atoms with Gasteiger partial charge in [0, 0.05) is 48.5 Å². The molecule has 0 spiro atoms. The molecule has 0 N–H and O–H groups in total. The SMILES string of the molecule is COc1ccc(CC(=O)OCC(=O)N2CCN(c3cccc(Cl)c3)CC2)c(OC)c1. The molecule has 0 atom stereocenters. The van der Waals surface area contributed by atoms with Crippen molar-refractivity contribution in [2.75, 3.05) is 51.9 Å². The number of piperazine rings is 1. The standard InChI is InChI=1S/C22H25ClN2O5/c1-28-19-7-6-16(20(14-19)29-2)12-22(27)30-15-21(26)25-10-8-24(9-11-25)18-5-3-4-17(23)13-18/h3-7,13-14H,8-12,15H2,1-2H3. The van der Waals surface area contributed by atoms with E-state index in [1.807, 2.05) is 24.3 Å². The van der Waals surface area contributed by atoms with Crippen LogP contribution < -0.4 is 14.4 Å². The fraction of sp³-hybridized carbons (Fsp3) is 0.364. The zero-order valence-electron chi connectivity index (χ0n) is 17.1. The van der Waals surface area contributed by atoms with E-state index < -0.39 is 5.97 Å². The van der Waals surface area contributed by atoms with Crippen molar-refractivity contribution in [3.63, 3.8) is 0 Å². The second-order valence-corrected chi connectivity index (χ2v) is 7.30. The summed E-state index contributed by atoms with van der Waals surface area (Å²) in [6.45, 7) is 2.25. The van der Waals surface area contributed by atoms with Crippen LogP contribution in [0.15, 0.2) is 42.5 Å². The second-order valence-electron chi connectivity index (χ2n) is 6.86. The summed E-state index contributed by atoms with van der Waals surface area (Å²) >= 11 is 6.05. The van der Waals surface area contributed by atoms with Crippen LogP contribution in [0, 0.1) is 0 Å². The Labute approximate surface area is 181 Å². The van der Waals surface area contributed by atoms with Crippen LogP contribution >= 0.6 is 11.6 Å². The van der Waals surface area contributed by atoms with Gasteiger partial charge in [-0.1, -0.05) is 23.7 Å². The summed E-state index contributed by atoms with van der Waals surface area (Å²) in [5.74, 6) is 0.492. The first-order valence-corrected chi connectivity index (χ1v) is 10.0. The Balaban J connectivity index is 1.46. The molecule has 2 aromatic carbocycles. The molecule has 30 heavy (non-hydrogen) atoms. The van der Waals surface area contributed by atoms with Gasteiger partial charge in [-0.2, -0.15) is 0 Å². The first-order chi connectivity index (χ1) is 14.5. The number of halogens is 1. The van der Waals surface area contributed by atoms with E-state index in [0.717, 1.165) is 5.69 Å². The van der Waals surface area contributed by atoms with Crippen LogP contribution in [-0.4, -0.2) is 63.8 Å². The molecule has 1 fully saturated rings. The number of methoxy groups -OCH3 is 2. The minimum Gasteiger partial charge on any atom is -0.497 e. The average Bonchev–Trinajstić information content (AvgIpc) is 2.77. The molecule has 1 amide bonds. The molecule has 0 radical (unpaired) electrons. The van der Waals surface area contributed by atoms with Gasteiger partial charge in [0.25, 0.3) is 5.91 Å². The average molecular weight is 433 g/mol. The van der Waals surface area contributed by atoms with Gasteiger partial charge in [0.1, 0.15) is 11.5 Å². The number of carbonyl (C=O) groups excluding carboxylic acids is 2. The van der Waals surface area contributed by atoms with Gasteiger partial charge in [-0.05, 0) is 24.3 Å². The predicted octanol–water partition coefficient (Wildman–Crippen LogP) is 2.79. The first-order valence-electron chi connectivity index (χ1n) is 9.65. The van der Waals surface area contributed by atoms with Gasteiger partial charge in [0.2, 0.25) is 0 Å². The molecule has 1 saturated heterocycles. The van der Waals surface area contributed by atoms with E-state index in [1.165, 1.54) is 7.11 Å². The lowest BCUT2D eigenvalue weighted by Gasteiger charge is -2.36. The molecule has 8 heteroatoms. The Morgan fingerprint density at radius 3 is 2.43 bits per heavy atom. The van der Waals surface area contributed by atoms with E-state index in [2.05, 4.69) is 4.90 Å². The van der Waals surface area contributed by atoms with Crippen molar-refractivity contribution in [1.29, 1.82) is 0 Å². The molecule has 2 aromatic rings. The molecule has 160 valence electrons. The van der Waals surface area contributed by atoms with Gasteiger partial charge in [0.15, 0.2) is 6.61 Å². The van der Waals surface area contributed by atoms with Gasteiger partial charge in [-0.25, -0.2) is 0 Å². The maximum atomic E-state index is 12.4. The zero-order valence-corrected chi connectivity index (χ0v) is 17.9. The summed E-state index contributed by atoms with van der Waals surface area (Å²) in [5.41, 5.74) is 1.71. The summed E-state index contributed by atoms with van der Waals surface area (Å²) < 4.78 is 15.6. The molecule has 7 nitrogen and oxygen atoms in total. The fourth-order valence-electron chi connectivity index (χ4n) is 3.32. The summed E-state index contributed by atoms with van der Waals surface area (Å²) in [5, 5.41) is 0.686. The molecule has 1 aliphatic heterocycles. The van der Waals surface area contributed by atoms with Crippen molar-refractivity contribution in [1.82, 2.24) is 4.90 Å². The van der Waals surface area contributed by atoms with Crippen LogP contribution in [0.5, 0.6) is 11.5 Å². The molecule has 0 unspecified atom stereocenters. The van der Waals surface area contributed by atoms with E-state index in [4.69, 9.17) is 25.8 Å². The highest BCUT2D eigenvalue weighted by Gasteiger charge is 2.22. The van der Waals surface area contributed by atoms with Crippen LogP contribution in [0.4, 0.5) is 5.69 Å². The summed E-state index contributed by atoms with van der Waals surface area (Å²) in [6.07, 6.45) is 0.0169. The van der Waals surface area contributed by atoms with Gasteiger partial charge in [0.05, 0.1) is 20.6 Å². The van der Waals surface area contributed by atoms with E-state index in [-0.39, 0.29) is 18.9 Å². The van der Waals surface area contributed by atoms with E-state index in [9.17, 15) is 9.59 Å². The quantitative estimate of drug-likeness (QED) is 0.627. The van der Waals surface area contributed by atoms with Crippen molar-refractivity contribution < 1.29 is 23.8 Å². The number of rotatable bonds is 7. The van der Waals surface area contributed by atoms with Crippen LogP contribution in [0.3, 0.4) is 0 Å². The van der Waals surface area contributed by atoms with Crippen molar-refractivity contribution in [2.24, 2.45) is 0 Å². The number of anilines is 1. The summed E-state index contributed by atoms with van der Waals surface area (Å²) in [7, 11) is 3.08. The number of carbonyl (C=O) groups is 2. The highest BCUT2D eigenvalue weighted by Crippen LogP contribution is 2.25. The smallest absolute Gasteiger partial charge is 0.310 e. The van der Waals surface area contributed by atoms with Crippen molar-refractivity contribution in [3.05, 3.63) is 53.1 Å². The second kappa shape index (κ2) is 10.2. The van der Waals surface area contributed by atoms with E-state index >= 15 is 0 Å². The monoisotopic (exact) mass is 432 g/mol. The van der Waals surface area contributed by atoms with Gasteiger partial charge < -0.3 is 24.0 Å². The lowest BCUT2D eigenvalue weighted by Crippen LogP contribution is -2.50. The molecule has 0 saturated carbocycles. The highest BCUT2D eigenvalue weighted by atomic mass is 35.5. The zero-order chi connectivity index (χ0) is 21.5. The van der Waals surface area contributed by atoms with Crippen LogP contribution in [0.25, 0.3) is 0 Å². The molecule has 0 bridgehead atoms. The Kier molecular flexibility index (Phi) is 7.41. The molecular weight excluding hydrogens is 408 g/mol. The number of amides is 1. The van der Waals surface area contributed by atoms with Gasteiger partial charge in [-0.3, -0.25) is 9.59 Å². The molecule has 1 aliphatic rings. The van der Waals surface area contributed by atoms with Crippen LogP contribution in [-0.2, 0) is 20.7 Å². The number of ether oxygens (including phenoxy) is 3. The number of hydrogen-bond donors (Lipinski definition) is 0. The number of nitrogens with zero attached hydrogens (tertiary/aromatic N) is 2. The minimum atomic E-state index is -0.482. The highest BCUT2D eigenvalue weighted by molar-refractivity contribution is 6.30. The number of benzene rings is 2. The Bertz CT molecular complexity index is 897. The molecular formula is C22H25ClN2O5. The number of hydrogen-bond acceptors (Lipinski definition) is 6. The van der Waals surface area contributed by atoms with Crippen LogP contribution in [0.2, 0.25) is 5.02 Å². The first kappa shape index (κ1) is 21.8.